The summed E-state index contributed by atoms with van der Waals surface area (Å²) in [5.41, 5.74) is 4.44. The minimum Gasteiger partial charge on any atom is -0.495 e. The van der Waals surface area contributed by atoms with Crippen LogP contribution in [0.15, 0.2) is 66.9 Å². The van der Waals surface area contributed by atoms with Crippen LogP contribution >= 0.6 is 0 Å². The van der Waals surface area contributed by atoms with Crippen LogP contribution in [0.25, 0.3) is 11.1 Å². The summed E-state index contributed by atoms with van der Waals surface area (Å²) in [5, 5.41) is 11.4. The first-order valence-corrected chi connectivity index (χ1v) is 11.9. The van der Waals surface area contributed by atoms with Crippen molar-refractivity contribution in [1.82, 2.24) is 9.88 Å². The molecule has 3 heterocycles. The number of benzene rings is 2. The van der Waals surface area contributed by atoms with E-state index in [1.165, 1.54) is 22.3 Å². The van der Waals surface area contributed by atoms with E-state index in [2.05, 4.69) is 29.2 Å². The zero-order chi connectivity index (χ0) is 23.3. The van der Waals surface area contributed by atoms with Crippen LogP contribution in [0.2, 0.25) is 0 Å². The van der Waals surface area contributed by atoms with Crippen molar-refractivity contribution >= 4 is 6.09 Å². The average Bonchev–Trinajstić information content (AvgIpc) is 3.34. The molecule has 0 radical (unpaired) electrons. The van der Waals surface area contributed by atoms with E-state index >= 15 is 0 Å². The third-order valence-electron chi connectivity index (χ3n) is 7.76. The monoisotopic (exact) mass is 456 g/mol. The lowest BCUT2D eigenvalue weighted by Crippen LogP contribution is -2.52. The molecule has 0 spiro atoms. The number of methoxy groups -OCH3 is 1. The minimum atomic E-state index is -1.04. The molecular formula is C28H28N2O4. The third kappa shape index (κ3) is 3.36. The van der Waals surface area contributed by atoms with Crippen molar-refractivity contribution in [3.05, 3.63) is 83.7 Å². The molecule has 2 saturated heterocycles. The maximum Gasteiger partial charge on any atom is 0.410 e. The molecular weight excluding hydrogens is 428 g/mol. The molecule has 2 atom stereocenters. The highest BCUT2D eigenvalue weighted by Gasteiger charge is 2.51. The van der Waals surface area contributed by atoms with E-state index in [-0.39, 0.29) is 24.1 Å². The molecule has 34 heavy (non-hydrogen) atoms. The van der Waals surface area contributed by atoms with Crippen molar-refractivity contribution in [2.45, 2.75) is 49.3 Å². The van der Waals surface area contributed by atoms with Crippen LogP contribution in [-0.4, -0.2) is 46.9 Å². The number of aliphatic hydroxyl groups is 1. The molecule has 6 heteroatoms. The Morgan fingerprint density at radius 2 is 1.62 bits per heavy atom. The first kappa shape index (κ1) is 21.2. The zero-order valence-electron chi connectivity index (χ0n) is 19.2. The normalized spacial score (nSPS) is 25.1. The molecule has 6 rings (SSSR count). The first-order valence-electron chi connectivity index (χ1n) is 11.9. The SMILES string of the molecule is COc1ccc(C2(O)CC3CCC(C2)N3C(=O)OCC2c3ccccc3-c3ccccc32)nc1. The van der Waals surface area contributed by atoms with Gasteiger partial charge in [-0.1, -0.05) is 48.5 Å². The molecule has 0 saturated carbocycles. The summed E-state index contributed by atoms with van der Waals surface area (Å²) in [7, 11) is 1.60. The second kappa shape index (κ2) is 8.13. The zero-order valence-corrected chi connectivity index (χ0v) is 19.2. The number of hydrogen-bond donors (Lipinski definition) is 1. The van der Waals surface area contributed by atoms with Gasteiger partial charge in [-0.05, 0) is 47.2 Å². The van der Waals surface area contributed by atoms with Gasteiger partial charge >= 0.3 is 6.09 Å². The molecule has 2 unspecified atom stereocenters. The van der Waals surface area contributed by atoms with Crippen molar-refractivity contribution in [2.75, 3.05) is 13.7 Å². The molecule has 3 aromatic rings. The Morgan fingerprint density at radius 1 is 1.00 bits per heavy atom. The molecule has 1 aromatic heterocycles. The number of carbonyl (C=O) groups excluding carboxylic acids is 1. The number of hydrogen-bond acceptors (Lipinski definition) is 5. The second-order valence-corrected chi connectivity index (χ2v) is 9.62. The maximum atomic E-state index is 13.3. The van der Waals surface area contributed by atoms with Gasteiger partial charge in [0.2, 0.25) is 0 Å². The standard InChI is InChI=1S/C28H28N2O4/c1-33-20-12-13-26(29-16-20)28(32)14-18-10-11-19(15-28)30(18)27(31)34-17-25-23-8-4-2-6-21(23)22-7-3-5-9-24(22)25/h2-9,12-13,16,18-19,25,32H,10-11,14-15,17H2,1H3. The highest BCUT2D eigenvalue weighted by atomic mass is 16.6. The van der Waals surface area contributed by atoms with Gasteiger partial charge in [0, 0.05) is 30.8 Å². The van der Waals surface area contributed by atoms with Gasteiger partial charge in [-0.15, -0.1) is 0 Å². The van der Waals surface area contributed by atoms with Crippen LogP contribution in [0.1, 0.15) is 48.4 Å². The Bertz CT molecular complexity index is 1170. The Morgan fingerprint density at radius 3 is 2.18 bits per heavy atom. The van der Waals surface area contributed by atoms with Crippen LogP contribution in [-0.2, 0) is 10.3 Å². The fraction of sp³-hybridized carbons (Fsp3) is 0.357. The minimum absolute atomic E-state index is 0.0409. The summed E-state index contributed by atoms with van der Waals surface area (Å²) < 4.78 is 11.1. The Kier molecular flexibility index (Phi) is 5.06. The molecule has 174 valence electrons. The molecule has 1 amide bonds. The highest BCUT2D eigenvalue weighted by Crippen LogP contribution is 2.47. The summed E-state index contributed by atoms with van der Waals surface area (Å²) in [4.78, 5) is 19.6. The average molecular weight is 457 g/mol. The van der Waals surface area contributed by atoms with Crippen LogP contribution in [0.5, 0.6) is 5.75 Å². The van der Waals surface area contributed by atoms with Crippen LogP contribution in [0.4, 0.5) is 4.79 Å². The van der Waals surface area contributed by atoms with Gasteiger partial charge < -0.3 is 19.5 Å². The summed E-state index contributed by atoms with van der Waals surface area (Å²) in [5.74, 6) is 0.700. The van der Waals surface area contributed by atoms with E-state index in [4.69, 9.17) is 9.47 Å². The number of aromatic nitrogens is 1. The fourth-order valence-corrected chi connectivity index (χ4v) is 6.18. The predicted molar refractivity (Wildman–Crippen MR) is 128 cm³/mol. The molecule has 2 aliphatic heterocycles. The van der Waals surface area contributed by atoms with Crippen molar-refractivity contribution < 1.29 is 19.4 Å². The molecule has 2 bridgehead atoms. The van der Waals surface area contributed by atoms with Gasteiger partial charge in [-0.2, -0.15) is 0 Å². The Hall–Kier alpha value is -3.38. The van der Waals surface area contributed by atoms with Crippen molar-refractivity contribution in [1.29, 1.82) is 0 Å². The van der Waals surface area contributed by atoms with Gasteiger partial charge in [-0.25, -0.2) is 4.79 Å². The molecule has 1 aliphatic carbocycles. The number of rotatable bonds is 4. The molecule has 2 aromatic carbocycles. The van der Waals surface area contributed by atoms with Gasteiger partial charge in [0.05, 0.1) is 19.0 Å². The number of carbonyl (C=O) groups is 1. The first-order chi connectivity index (χ1) is 16.6. The van der Waals surface area contributed by atoms with Crippen LogP contribution in [0.3, 0.4) is 0 Å². The molecule has 6 nitrogen and oxygen atoms in total. The number of amides is 1. The van der Waals surface area contributed by atoms with Crippen LogP contribution < -0.4 is 4.74 Å². The Balaban J connectivity index is 1.17. The number of fused-ring (bicyclic) bond motifs is 5. The second-order valence-electron chi connectivity index (χ2n) is 9.62. The fourth-order valence-electron chi connectivity index (χ4n) is 6.18. The van der Waals surface area contributed by atoms with Crippen molar-refractivity contribution in [3.63, 3.8) is 0 Å². The summed E-state index contributed by atoms with van der Waals surface area (Å²) in [6, 6.07) is 20.2. The maximum absolute atomic E-state index is 13.3. The van der Waals surface area contributed by atoms with Gasteiger partial charge in [-0.3, -0.25) is 4.98 Å². The number of ether oxygens (including phenoxy) is 2. The van der Waals surface area contributed by atoms with Gasteiger partial charge in [0.15, 0.2) is 0 Å². The summed E-state index contributed by atoms with van der Waals surface area (Å²) in [6.07, 6.45) is 4.02. The largest absolute Gasteiger partial charge is 0.495 e. The smallest absolute Gasteiger partial charge is 0.410 e. The predicted octanol–water partition coefficient (Wildman–Crippen LogP) is 4.85. The lowest BCUT2D eigenvalue weighted by molar-refractivity contribution is -0.0559. The quantitative estimate of drug-likeness (QED) is 0.607. The van der Waals surface area contributed by atoms with Crippen molar-refractivity contribution in [3.8, 4) is 16.9 Å². The molecule has 3 aliphatic rings. The number of pyridine rings is 1. The van der Waals surface area contributed by atoms with E-state index in [0.717, 1.165) is 12.8 Å². The van der Waals surface area contributed by atoms with Gasteiger partial charge in [0.25, 0.3) is 0 Å². The van der Waals surface area contributed by atoms with E-state index in [1.807, 2.05) is 41.3 Å². The summed E-state index contributed by atoms with van der Waals surface area (Å²) in [6.45, 7) is 0.313. The third-order valence-corrected chi connectivity index (χ3v) is 7.76. The lowest BCUT2D eigenvalue weighted by Gasteiger charge is -2.42. The lowest BCUT2D eigenvalue weighted by atomic mass is 9.83. The summed E-state index contributed by atoms with van der Waals surface area (Å²) >= 11 is 0. The van der Waals surface area contributed by atoms with E-state index in [9.17, 15) is 9.90 Å². The van der Waals surface area contributed by atoms with E-state index < -0.39 is 5.60 Å². The highest BCUT2D eigenvalue weighted by molar-refractivity contribution is 5.79. The van der Waals surface area contributed by atoms with E-state index in [0.29, 0.717) is 30.9 Å². The molecule has 1 N–H and O–H groups in total. The van der Waals surface area contributed by atoms with Crippen molar-refractivity contribution in [2.24, 2.45) is 0 Å². The number of piperidine rings is 1. The van der Waals surface area contributed by atoms with Gasteiger partial charge in [0.1, 0.15) is 18.0 Å². The van der Waals surface area contributed by atoms with E-state index in [1.54, 1.807) is 13.3 Å². The Labute approximate surface area is 199 Å². The van der Waals surface area contributed by atoms with Crippen LogP contribution in [0, 0.1) is 0 Å². The molecule has 2 fully saturated rings. The number of nitrogens with zero attached hydrogens (tertiary/aromatic N) is 2. The topological polar surface area (TPSA) is 71.9 Å².